The molecule has 0 aliphatic carbocycles. The summed E-state index contributed by atoms with van der Waals surface area (Å²) in [5.41, 5.74) is -1.49. The largest absolute Gasteiger partial charge is 0.419 e. The van der Waals surface area contributed by atoms with E-state index in [1.54, 1.807) is 0 Å². The third kappa shape index (κ3) is 3.32. The number of hydrogen-bond acceptors (Lipinski definition) is 2. The highest BCUT2D eigenvalue weighted by molar-refractivity contribution is 5.96. The second kappa shape index (κ2) is 5.28. The lowest BCUT2D eigenvalue weighted by molar-refractivity contribution is -0.140. The molecule has 2 rings (SSSR count). The minimum absolute atomic E-state index is 0.00638. The van der Waals surface area contributed by atoms with Crippen LogP contribution in [0, 0.1) is 5.82 Å². The summed E-state index contributed by atoms with van der Waals surface area (Å²) in [6, 6.07) is 2.39. The highest BCUT2D eigenvalue weighted by Crippen LogP contribution is 2.32. The van der Waals surface area contributed by atoms with E-state index in [0.717, 1.165) is 25.5 Å². The van der Waals surface area contributed by atoms with Crippen molar-refractivity contribution in [2.45, 2.75) is 31.5 Å². The van der Waals surface area contributed by atoms with Crippen LogP contribution in [-0.4, -0.2) is 18.4 Å². The van der Waals surface area contributed by atoms with Crippen LogP contribution in [0.4, 0.5) is 17.6 Å². The van der Waals surface area contributed by atoms with Crippen molar-refractivity contribution < 1.29 is 22.4 Å². The first-order valence-electron chi connectivity index (χ1n) is 6.01. The zero-order valence-corrected chi connectivity index (χ0v) is 10.1. The molecule has 1 aliphatic rings. The molecule has 0 aromatic heterocycles. The van der Waals surface area contributed by atoms with E-state index in [1.165, 1.54) is 0 Å². The highest BCUT2D eigenvalue weighted by atomic mass is 19.4. The quantitative estimate of drug-likeness (QED) is 0.678. The van der Waals surface area contributed by atoms with E-state index < -0.39 is 23.3 Å². The van der Waals surface area contributed by atoms with Gasteiger partial charge in [-0.25, -0.2) is 4.39 Å². The van der Waals surface area contributed by atoms with Crippen molar-refractivity contribution in [1.82, 2.24) is 5.32 Å². The van der Waals surface area contributed by atoms with E-state index in [2.05, 4.69) is 5.32 Å². The van der Waals surface area contributed by atoms with E-state index in [4.69, 9.17) is 0 Å². The fourth-order valence-corrected chi connectivity index (χ4v) is 2.19. The Morgan fingerprint density at radius 2 is 2.11 bits per heavy atom. The molecule has 1 aromatic rings. The molecule has 1 aliphatic heterocycles. The fraction of sp³-hybridized carbons (Fsp3) is 0.462. The Kier molecular flexibility index (Phi) is 3.89. The normalized spacial score (nSPS) is 19.7. The molecule has 1 fully saturated rings. The number of halogens is 4. The van der Waals surface area contributed by atoms with Crippen LogP contribution in [0.5, 0.6) is 0 Å². The maximum atomic E-state index is 13.1. The molecular formula is C13H13F4NO. The topological polar surface area (TPSA) is 29.1 Å². The van der Waals surface area contributed by atoms with Gasteiger partial charge in [0.2, 0.25) is 0 Å². The van der Waals surface area contributed by atoms with Gasteiger partial charge in [-0.05, 0) is 37.6 Å². The van der Waals surface area contributed by atoms with Gasteiger partial charge in [-0.2, -0.15) is 13.2 Å². The van der Waals surface area contributed by atoms with Gasteiger partial charge < -0.3 is 5.32 Å². The lowest BCUT2D eigenvalue weighted by atomic mass is 10.0. The van der Waals surface area contributed by atoms with Crippen LogP contribution in [0.25, 0.3) is 0 Å². The van der Waals surface area contributed by atoms with Crippen molar-refractivity contribution in [2.24, 2.45) is 0 Å². The predicted molar refractivity (Wildman–Crippen MR) is 61.4 cm³/mol. The second-order valence-corrected chi connectivity index (χ2v) is 4.61. The monoisotopic (exact) mass is 275 g/mol. The number of Topliss-reactive ketones (excluding diaryl/α,β-unsaturated/α-hetero) is 1. The molecule has 1 unspecified atom stereocenters. The molecule has 0 saturated carbocycles. The lowest BCUT2D eigenvalue weighted by Gasteiger charge is -2.11. The lowest BCUT2D eigenvalue weighted by Crippen LogP contribution is -2.24. The Morgan fingerprint density at radius 1 is 1.37 bits per heavy atom. The van der Waals surface area contributed by atoms with Crippen LogP contribution in [-0.2, 0) is 6.18 Å². The molecule has 0 bridgehead atoms. The molecule has 1 heterocycles. The summed E-state index contributed by atoms with van der Waals surface area (Å²) in [5.74, 6) is -1.76. The maximum Gasteiger partial charge on any atom is 0.419 e. The Bertz CT molecular complexity index is 478. The Labute approximate surface area is 107 Å². The number of hydrogen-bond donors (Lipinski definition) is 1. The third-order valence-electron chi connectivity index (χ3n) is 3.19. The number of ketones is 1. The first kappa shape index (κ1) is 14.0. The Balaban J connectivity index is 2.18. The molecule has 0 radical (unpaired) electrons. The molecule has 0 spiro atoms. The smallest absolute Gasteiger partial charge is 0.314 e. The van der Waals surface area contributed by atoms with Crippen LogP contribution >= 0.6 is 0 Å². The minimum Gasteiger partial charge on any atom is -0.314 e. The second-order valence-electron chi connectivity index (χ2n) is 4.61. The Hall–Kier alpha value is -1.43. The molecule has 1 saturated heterocycles. The number of rotatable bonds is 3. The average molecular weight is 275 g/mol. The summed E-state index contributed by atoms with van der Waals surface area (Å²) < 4.78 is 50.7. The molecular weight excluding hydrogens is 262 g/mol. The SMILES string of the molecule is O=C(CC1CCCN1)c1ccc(F)c(C(F)(F)F)c1. The number of carbonyl (C=O) groups is 1. The van der Waals surface area contributed by atoms with E-state index in [9.17, 15) is 22.4 Å². The predicted octanol–water partition coefficient (Wildman–Crippen LogP) is 3.17. The first-order chi connectivity index (χ1) is 8.88. The van der Waals surface area contributed by atoms with Crippen molar-refractivity contribution in [1.29, 1.82) is 0 Å². The van der Waals surface area contributed by atoms with Gasteiger partial charge in [0.05, 0.1) is 5.56 Å². The molecule has 2 nitrogen and oxygen atoms in total. The summed E-state index contributed by atoms with van der Waals surface area (Å²) in [6.07, 6.45) is -2.86. The Morgan fingerprint density at radius 3 is 2.68 bits per heavy atom. The van der Waals surface area contributed by atoms with Gasteiger partial charge >= 0.3 is 6.18 Å². The van der Waals surface area contributed by atoms with Crippen molar-refractivity contribution in [3.8, 4) is 0 Å². The number of nitrogens with one attached hydrogen (secondary N) is 1. The van der Waals surface area contributed by atoms with Crippen molar-refractivity contribution in [3.63, 3.8) is 0 Å². The van der Waals surface area contributed by atoms with Gasteiger partial charge in [-0.15, -0.1) is 0 Å². The first-order valence-corrected chi connectivity index (χ1v) is 6.01. The molecule has 104 valence electrons. The molecule has 19 heavy (non-hydrogen) atoms. The van der Waals surface area contributed by atoms with Gasteiger partial charge in [-0.1, -0.05) is 0 Å². The summed E-state index contributed by atoms with van der Waals surface area (Å²) in [6.45, 7) is 0.815. The maximum absolute atomic E-state index is 13.1. The summed E-state index contributed by atoms with van der Waals surface area (Å²) in [7, 11) is 0. The van der Waals surface area contributed by atoms with Crippen LogP contribution < -0.4 is 5.32 Å². The minimum atomic E-state index is -4.79. The number of benzene rings is 1. The van der Waals surface area contributed by atoms with E-state index >= 15 is 0 Å². The van der Waals surface area contributed by atoms with E-state index in [1.807, 2.05) is 0 Å². The zero-order valence-electron chi connectivity index (χ0n) is 10.1. The number of carbonyl (C=O) groups excluding carboxylic acids is 1. The molecule has 1 aromatic carbocycles. The third-order valence-corrected chi connectivity index (χ3v) is 3.19. The molecule has 1 atom stereocenters. The summed E-state index contributed by atoms with van der Waals surface area (Å²) >= 11 is 0. The van der Waals surface area contributed by atoms with Gasteiger partial charge in [0.15, 0.2) is 5.78 Å². The number of alkyl halides is 3. The molecule has 6 heteroatoms. The van der Waals surface area contributed by atoms with E-state index in [0.29, 0.717) is 12.1 Å². The van der Waals surface area contributed by atoms with Gasteiger partial charge in [0.1, 0.15) is 5.82 Å². The van der Waals surface area contributed by atoms with Gasteiger partial charge in [0, 0.05) is 18.0 Å². The van der Waals surface area contributed by atoms with Crippen molar-refractivity contribution in [3.05, 3.63) is 35.1 Å². The van der Waals surface area contributed by atoms with Crippen molar-refractivity contribution in [2.75, 3.05) is 6.54 Å². The zero-order chi connectivity index (χ0) is 14.0. The van der Waals surface area contributed by atoms with Gasteiger partial charge in [0.25, 0.3) is 0 Å². The van der Waals surface area contributed by atoms with Crippen LogP contribution in [0.15, 0.2) is 18.2 Å². The standard InChI is InChI=1S/C13H13F4NO/c14-11-4-3-8(6-10(11)13(15,16)17)12(19)7-9-2-1-5-18-9/h3-4,6,9,18H,1-2,5,7H2. The summed E-state index contributed by atoms with van der Waals surface area (Å²) in [4.78, 5) is 11.9. The van der Waals surface area contributed by atoms with Crippen LogP contribution in [0.2, 0.25) is 0 Å². The fourth-order valence-electron chi connectivity index (χ4n) is 2.19. The summed E-state index contributed by atoms with van der Waals surface area (Å²) in [5, 5.41) is 3.10. The molecule has 0 amide bonds. The van der Waals surface area contributed by atoms with Gasteiger partial charge in [-0.3, -0.25) is 4.79 Å². The molecule has 1 N–H and O–H groups in total. The van der Waals surface area contributed by atoms with Crippen LogP contribution in [0.1, 0.15) is 35.2 Å². The van der Waals surface area contributed by atoms with E-state index in [-0.39, 0.29) is 18.0 Å². The van der Waals surface area contributed by atoms with Crippen molar-refractivity contribution >= 4 is 5.78 Å². The average Bonchev–Trinajstić information content (AvgIpc) is 2.80. The van der Waals surface area contributed by atoms with Crippen LogP contribution in [0.3, 0.4) is 0 Å². The highest BCUT2D eigenvalue weighted by Gasteiger charge is 2.34.